The SMILES string of the molecule is O=C(CC(NC(=O)OCC1c2ccccc2-c2ccccc21)C(F)(F)F)NC[C@H]1C[C@H]1C(=O)O. The van der Waals surface area contributed by atoms with Crippen molar-refractivity contribution in [3.05, 3.63) is 59.7 Å². The molecule has 0 aromatic heterocycles. The van der Waals surface area contributed by atoms with E-state index in [0.29, 0.717) is 6.42 Å². The molecule has 2 aromatic carbocycles. The number of carbonyl (C=O) groups is 3. The number of carbonyl (C=O) groups excluding carboxylic acids is 2. The lowest BCUT2D eigenvalue weighted by atomic mass is 9.98. The maximum absolute atomic E-state index is 13.4. The number of rotatable bonds is 8. The van der Waals surface area contributed by atoms with Crippen LogP contribution in [0.4, 0.5) is 18.0 Å². The van der Waals surface area contributed by atoms with Crippen LogP contribution in [0.15, 0.2) is 48.5 Å². The average Bonchev–Trinajstić information content (AvgIpc) is 3.51. The molecule has 0 saturated heterocycles. The largest absolute Gasteiger partial charge is 0.481 e. The standard InChI is InChI=1S/C24H23F3N2O5/c25-24(26,27)20(10-21(30)28-11-13-9-18(13)22(31)32)29-23(33)34-12-19-16-7-3-1-5-14(16)15-6-2-4-8-17(15)19/h1-8,13,18-20H,9-12H2,(H,28,30)(H,29,33)(H,31,32)/t13-,18-,20?/m1/s1. The fourth-order valence-electron chi connectivity index (χ4n) is 4.31. The summed E-state index contributed by atoms with van der Waals surface area (Å²) in [6, 6.07) is 12.7. The molecule has 10 heteroatoms. The van der Waals surface area contributed by atoms with Crippen LogP contribution in [0, 0.1) is 11.8 Å². The van der Waals surface area contributed by atoms with E-state index in [2.05, 4.69) is 5.32 Å². The summed E-state index contributed by atoms with van der Waals surface area (Å²) in [5.74, 6) is -3.12. The van der Waals surface area contributed by atoms with Crippen molar-refractivity contribution in [3.63, 3.8) is 0 Å². The predicted octanol–water partition coefficient (Wildman–Crippen LogP) is 3.68. The molecule has 0 aliphatic heterocycles. The number of amides is 2. The zero-order valence-corrected chi connectivity index (χ0v) is 18.0. The summed E-state index contributed by atoms with van der Waals surface area (Å²) in [7, 11) is 0. The van der Waals surface area contributed by atoms with E-state index in [1.165, 1.54) is 0 Å². The number of hydrogen-bond acceptors (Lipinski definition) is 4. The molecule has 1 saturated carbocycles. The molecular weight excluding hydrogens is 453 g/mol. The maximum atomic E-state index is 13.4. The summed E-state index contributed by atoms with van der Waals surface area (Å²) in [4.78, 5) is 35.0. The van der Waals surface area contributed by atoms with Crippen molar-refractivity contribution in [2.75, 3.05) is 13.2 Å². The molecule has 4 rings (SSSR count). The molecule has 2 aromatic rings. The number of fused-ring (bicyclic) bond motifs is 3. The van der Waals surface area contributed by atoms with Crippen LogP contribution in [0.2, 0.25) is 0 Å². The second-order valence-electron chi connectivity index (χ2n) is 8.51. The summed E-state index contributed by atoms with van der Waals surface area (Å²) in [5, 5.41) is 12.9. The Labute approximate surface area is 193 Å². The maximum Gasteiger partial charge on any atom is 0.409 e. The van der Waals surface area contributed by atoms with E-state index >= 15 is 0 Å². The molecule has 0 bridgehead atoms. The molecule has 2 aliphatic carbocycles. The lowest BCUT2D eigenvalue weighted by Gasteiger charge is -2.22. The molecule has 1 unspecified atom stereocenters. The Morgan fingerprint density at radius 1 is 1.03 bits per heavy atom. The van der Waals surface area contributed by atoms with Crippen LogP contribution in [0.3, 0.4) is 0 Å². The number of benzene rings is 2. The summed E-state index contributed by atoms with van der Waals surface area (Å²) < 4.78 is 45.4. The van der Waals surface area contributed by atoms with Crippen LogP contribution in [0.1, 0.15) is 29.9 Å². The van der Waals surface area contributed by atoms with Gasteiger partial charge in [-0.3, -0.25) is 9.59 Å². The zero-order chi connectivity index (χ0) is 24.5. The van der Waals surface area contributed by atoms with Crippen molar-refractivity contribution in [2.45, 2.75) is 31.0 Å². The molecule has 180 valence electrons. The smallest absolute Gasteiger partial charge is 0.409 e. The van der Waals surface area contributed by atoms with E-state index in [9.17, 15) is 27.6 Å². The van der Waals surface area contributed by atoms with E-state index in [1.807, 2.05) is 48.5 Å². The summed E-state index contributed by atoms with van der Waals surface area (Å²) in [6.07, 6.45) is -6.80. The molecule has 0 heterocycles. The number of alkyl carbamates (subject to hydrolysis) is 1. The lowest BCUT2D eigenvalue weighted by Crippen LogP contribution is -2.48. The fraction of sp³-hybridized carbons (Fsp3) is 0.375. The highest BCUT2D eigenvalue weighted by molar-refractivity contribution is 5.80. The van der Waals surface area contributed by atoms with Crippen molar-refractivity contribution < 1.29 is 37.4 Å². The molecular formula is C24H23F3N2O5. The molecule has 3 atom stereocenters. The molecule has 0 spiro atoms. The third-order valence-corrected chi connectivity index (χ3v) is 6.22. The first-order valence-corrected chi connectivity index (χ1v) is 10.8. The first-order valence-electron chi connectivity index (χ1n) is 10.8. The highest BCUT2D eigenvalue weighted by atomic mass is 19.4. The van der Waals surface area contributed by atoms with Crippen molar-refractivity contribution in [1.29, 1.82) is 0 Å². The average molecular weight is 476 g/mol. The van der Waals surface area contributed by atoms with E-state index in [0.717, 1.165) is 22.3 Å². The van der Waals surface area contributed by atoms with Gasteiger partial charge in [0.15, 0.2) is 0 Å². The van der Waals surface area contributed by atoms with E-state index in [4.69, 9.17) is 9.84 Å². The van der Waals surface area contributed by atoms with Gasteiger partial charge < -0.3 is 20.5 Å². The topological polar surface area (TPSA) is 105 Å². The highest BCUT2D eigenvalue weighted by Crippen LogP contribution is 2.44. The number of hydrogen-bond donors (Lipinski definition) is 3. The van der Waals surface area contributed by atoms with Gasteiger partial charge in [-0.25, -0.2) is 4.79 Å². The summed E-state index contributed by atoms with van der Waals surface area (Å²) >= 11 is 0. The van der Waals surface area contributed by atoms with Crippen LogP contribution in [-0.4, -0.2) is 48.4 Å². The van der Waals surface area contributed by atoms with Crippen molar-refractivity contribution >= 4 is 18.0 Å². The van der Waals surface area contributed by atoms with Crippen LogP contribution >= 0.6 is 0 Å². The van der Waals surface area contributed by atoms with Gasteiger partial charge in [0.2, 0.25) is 5.91 Å². The van der Waals surface area contributed by atoms with E-state index in [1.54, 1.807) is 5.32 Å². The van der Waals surface area contributed by atoms with Gasteiger partial charge >= 0.3 is 18.2 Å². The minimum Gasteiger partial charge on any atom is -0.481 e. The van der Waals surface area contributed by atoms with Gasteiger partial charge in [-0.1, -0.05) is 48.5 Å². The molecule has 0 radical (unpaired) electrons. The number of halogens is 3. The van der Waals surface area contributed by atoms with Crippen LogP contribution in [0.25, 0.3) is 11.1 Å². The Kier molecular flexibility index (Phi) is 6.49. The molecule has 7 nitrogen and oxygen atoms in total. The van der Waals surface area contributed by atoms with Gasteiger partial charge in [0.25, 0.3) is 0 Å². The molecule has 3 N–H and O–H groups in total. The number of carboxylic acid groups (broad SMARTS) is 1. The number of nitrogens with one attached hydrogen (secondary N) is 2. The zero-order valence-electron chi connectivity index (χ0n) is 18.0. The first-order chi connectivity index (χ1) is 16.1. The molecule has 2 aliphatic rings. The van der Waals surface area contributed by atoms with Gasteiger partial charge in [-0.05, 0) is 34.6 Å². The van der Waals surface area contributed by atoms with Crippen LogP contribution < -0.4 is 10.6 Å². The molecule has 34 heavy (non-hydrogen) atoms. The Balaban J connectivity index is 1.33. The predicted molar refractivity (Wildman–Crippen MR) is 115 cm³/mol. The highest BCUT2D eigenvalue weighted by Gasteiger charge is 2.45. The monoisotopic (exact) mass is 476 g/mol. The van der Waals surface area contributed by atoms with Gasteiger partial charge in [0.05, 0.1) is 12.3 Å². The Hall–Kier alpha value is -3.56. The third-order valence-electron chi connectivity index (χ3n) is 6.22. The van der Waals surface area contributed by atoms with E-state index in [-0.39, 0.29) is 25.0 Å². The minimum absolute atomic E-state index is 0.0225. The normalized spacial score (nSPS) is 19.5. The minimum atomic E-state index is -4.87. The fourth-order valence-corrected chi connectivity index (χ4v) is 4.31. The second-order valence-corrected chi connectivity index (χ2v) is 8.51. The van der Waals surface area contributed by atoms with Crippen molar-refractivity contribution in [1.82, 2.24) is 10.6 Å². The number of ether oxygens (including phenoxy) is 1. The third kappa shape index (κ3) is 5.16. The van der Waals surface area contributed by atoms with Crippen LogP contribution in [0.5, 0.6) is 0 Å². The summed E-state index contributed by atoms with van der Waals surface area (Å²) in [6.45, 7) is -0.180. The number of carboxylic acids is 1. The van der Waals surface area contributed by atoms with Crippen molar-refractivity contribution in [2.24, 2.45) is 11.8 Å². The Morgan fingerprint density at radius 3 is 2.15 bits per heavy atom. The van der Waals surface area contributed by atoms with Crippen LogP contribution in [-0.2, 0) is 14.3 Å². The number of aliphatic carboxylic acids is 1. The first kappa shape index (κ1) is 23.6. The van der Waals surface area contributed by atoms with Gasteiger partial charge in [-0.15, -0.1) is 0 Å². The molecule has 2 amide bonds. The van der Waals surface area contributed by atoms with Gasteiger partial charge in [0, 0.05) is 12.5 Å². The Bertz CT molecular complexity index is 1060. The number of alkyl halides is 3. The van der Waals surface area contributed by atoms with Crippen molar-refractivity contribution in [3.8, 4) is 11.1 Å². The van der Waals surface area contributed by atoms with E-state index < -0.39 is 42.5 Å². The Morgan fingerprint density at radius 2 is 1.62 bits per heavy atom. The molecule has 1 fully saturated rings. The quantitative estimate of drug-likeness (QED) is 0.539. The van der Waals surface area contributed by atoms with Gasteiger partial charge in [0.1, 0.15) is 12.6 Å². The second kappa shape index (κ2) is 9.36. The van der Waals surface area contributed by atoms with Gasteiger partial charge in [-0.2, -0.15) is 13.2 Å². The lowest BCUT2D eigenvalue weighted by molar-refractivity contribution is -0.160. The summed E-state index contributed by atoms with van der Waals surface area (Å²) in [5.41, 5.74) is 3.81.